The molecule has 0 aromatic carbocycles. The molecule has 0 N–H and O–H groups in total. The molecule has 1 aliphatic rings. The molecule has 0 saturated carbocycles. The molecule has 0 amide bonds. The monoisotopic (exact) mass is 211 g/mol. The molecule has 3 nitrogen and oxygen atoms in total. The summed E-state index contributed by atoms with van der Waals surface area (Å²) < 4.78 is 23.9. The molecule has 1 atom stereocenters. The lowest BCUT2D eigenvalue weighted by molar-refractivity contribution is -0.0118. The van der Waals surface area contributed by atoms with Crippen molar-refractivity contribution in [1.82, 2.24) is 4.98 Å². The van der Waals surface area contributed by atoms with Crippen molar-refractivity contribution < 1.29 is 13.9 Å². The second-order valence-electron chi connectivity index (χ2n) is 3.59. The van der Waals surface area contributed by atoms with Gasteiger partial charge in [-0.05, 0) is 31.4 Å². The summed E-state index contributed by atoms with van der Waals surface area (Å²) in [4.78, 5) is 3.51. The number of ether oxygens (including phenoxy) is 2. The number of nitrogens with zero attached hydrogens (tertiary/aromatic N) is 1. The number of halogens is 1. The van der Waals surface area contributed by atoms with Crippen LogP contribution >= 0.6 is 0 Å². The van der Waals surface area contributed by atoms with E-state index in [1.807, 2.05) is 0 Å². The zero-order valence-corrected chi connectivity index (χ0v) is 8.49. The fraction of sp³-hybridized carbons (Fsp3) is 0.545. The first-order chi connectivity index (χ1) is 7.36. The van der Waals surface area contributed by atoms with Crippen molar-refractivity contribution in [1.29, 1.82) is 0 Å². The van der Waals surface area contributed by atoms with Crippen LogP contribution in [0.1, 0.15) is 19.3 Å². The quantitative estimate of drug-likeness (QED) is 0.718. The van der Waals surface area contributed by atoms with Gasteiger partial charge in [-0.1, -0.05) is 0 Å². The highest BCUT2D eigenvalue weighted by Crippen LogP contribution is 2.17. The lowest BCUT2D eigenvalue weighted by Gasteiger charge is -2.22. The third-order valence-electron chi connectivity index (χ3n) is 2.42. The normalized spacial score (nSPS) is 21.3. The summed E-state index contributed by atoms with van der Waals surface area (Å²) in [7, 11) is 0. The molecule has 1 fully saturated rings. The van der Waals surface area contributed by atoms with E-state index < -0.39 is 5.95 Å². The van der Waals surface area contributed by atoms with Gasteiger partial charge in [0.2, 0.25) is 0 Å². The average Bonchev–Trinajstić information content (AvgIpc) is 2.29. The predicted molar refractivity (Wildman–Crippen MR) is 53.3 cm³/mol. The zero-order chi connectivity index (χ0) is 10.5. The standard InChI is InChI=1S/C11H14FNO2/c12-11-10(5-3-6-13-11)15-8-9-4-1-2-7-14-9/h3,5-6,9H,1-2,4,7-8H2. The van der Waals surface area contributed by atoms with E-state index in [-0.39, 0.29) is 11.9 Å². The van der Waals surface area contributed by atoms with E-state index in [0.29, 0.717) is 6.61 Å². The molecule has 0 spiro atoms. The maximum atomic E-state index is 13.1. The van der Waals surface area contributed by atoms with Crippen molar-refractivity contribution in [3.63, 3.8) is 0 Å². The van der Waals surface area contributed by atoms with E-state index in [0.717, 1.165) is 25.9 Å². The van der Waals surface area contributed by atoms with Gasteiger partial charge in [-0.15, -0.1) is 0 Å². The van der Waals surface area contributed by atoms with Crippen molar-refractivity contribution >= 4 is 0 Å². The smallest absolute Gasteiger partial charge is 0.255 e. The van der Waals surface area contributed by atoms with Crippen molar-refractivity contribution in [2.24, 2.45) is 0 Å². The van der Waals surface area contributed by atoms with Crippen molar-refractivity contribution in [3.05, 3.63) is 24.3 Å². The SMILES string of the molecule is Fc1ncccc1OCC1CCCCO1. The second kappa shape index (κ2) is 5.07. The third kappa shape index (κ3) is 2.89. The Morgan fingerprint density at radius 1 is 1.53 bits per heavy atom. The predicted octanol–water partition coefficient (Wildman–Crippen LogP) is 2.17. The fourth-order valence-corrected chi connectivity index (χ4v) is 1.60. The van der Waals surface area contributed by atoms with E-state index in [1.54, 1.807) is 12.1 Å². The Bertz CT molecular complexity index is 313. The molecule has 0 bridgehead atoms. The number of pyridine rings is 1. The molecular weight excluding hydrogens is 197 g/mol. The number of rotatable bonds is 3. The minimum Gasteiger partial charge on any atom is -0.486 e. The van der Waals surface area contributed by atoms with Gasteiger partial charge >= 0.3 is 0 Å². The van der Waals surface area contributed by atoms with E-state index in [4.69, 9.17) is 9.47 Å². The molecule has 2 rings (SSSR count). The molecule has 2 heterocycles. The number of aromatic nitrogens is 1. The van der Waals surface area contributed by atoms with Gasteiger partial charge < -0.3 is 9.47 Å². The van der Waals surface area contributed by atoms with E-state index in [2.05, 4.69) is 4.98 Å². The van der Waals surface area contributed by atoms with Crippen LogP contribution in [0.25, 0.3) is 0 Å². The number of hydrogen-bond acceptors (Lipinski definition) is 3. The van der Waals surface area contributed by atoms with Gasteiger partial charge in [0.05, 0.1) is 6.10 Å². The molecule has 1 saturated heterocycles. The first-order valence-corrected chi connectivity index (χ1v) is 5.21. The van der Waals surface area contributed by atoms with Crippen LogP contribution < -0.4 is 4.74 Å². The van der Waals surface area contributed by atoms with Crippen LogP contribution in [0.3, 0.4) is 0 Å². The highest BCUT2D eigenvalue weighted by molar-refractivity contribution is 5.17. The van der Waals surface area contributed by atoms with Gasteiger partial charge in [-0.25, -0.2) is 4.98 Å². The Morgan fingerprint density at radius 2 is 2.47 bits per heavy atom. The second-order valence-corrected chi connectivity index (χ2v) is 3.59. The van der Waals surface area contributed by atoms with Crippen LogP contribution in [0.2, 0.25) is 0 Å². The lowest BCUT2D eigenvalue weighted by atomic mass is 10.1. The van der Waals surface area contributed by atoms with Crippen LogP contribution in [0, 0.1) is 5.95 Å². The molecule has 1 aromatic rings. The molecule has 0 radical (unpaired) electrons. The Hall–Kier alpha value is -1.16. The van der Waals surface area contributed by atoms with Crippen LogP contribution in [0.5, 0.6) is 5.75 Å². The molecule has 1 unspecified atom stereocenters. The first kappa shape index (κ1) is 10.4. The summed E-state index contributed by atoms with van der Waals surface area (Å²) in [5, 5.41) is 0. The number of hydrogen-bond donors (Lipinski definition) is 0. The maximum absolute atomic E-state index is 13.1. The van der Waals surface area contributed by atoms with Crippen LogP contribution in [0.15, 0.2) is 18.3 Å². The van der Waals surface area contributed by atoms with Gasteiger partial charge in [-0.3, -0.25) is 0 Å². The minimum absolute atomic E-state index is 0.0957. The average molecular weight is 211 g/mol. The Labute approximate surface area is 88.2 Å². The van der Waals surface area contributed by atoms with E-state index in [9.17, 15) is 4.39 Å². The Balaban J connectivity index is 1.84. The van der Waals surface area contributed by atoms with Gasteiger partial charge in [-0.2, -0.15) is 4.39 Å². The molecular formula is C11H14FNO2. The largest absolute Gasteiger partial charge is 0.486 e. The van der Waals surface area contributed by atoms with Crippen molar-refractivity contribution in [2.75, 3.05) is 13.2 Å². The van der Waals surface area contributed by atoms with E-state index in [1.165, 1.54) is 6.20 Å². The summed E-state index contributed by atoms with van der Waals surface area (Å²) in [5.74, 6) is -0.361. The van der Waals surface area contributed by atoms with Crippen LogP contribution in [-0.2, 0) is 4.74 Å². The Kier molecular flexibility index (Phi) is 3.50. The molecule has 1 aliphatic heterocycles. The summed E-state index contributed by atoms with van der Waals surface area (Å²) in [5.41, 5.74) is 0. The zero-order valence-electron chi connectivity index (χ0n) is 8.49. The summed E-state index contributed by atoms with van der Waals surface area (Å²) in [6, 6.07) is 3.23. The molecule has 1 aromatic heterocycles. The fourth-order valence-electron chi connectivity index (χ4n) is 1.60. The lowest BCUT2D eigenvalue weighted by Crippen LogP contribution is -2.26. The van der Waals surface area contributed by atoms with Gasteiger partial charge in [0.1, 0.15) is 6.61 Å². The van der Waals surface area contributed by atoms with E-state index >= 15 is 0 Å². The molecule has 0 aliphatic carbocycles. The third-order valence-corrected chi connectivity index (χ3v) is 2.42. The molecule has 4 heteroatoms. The minimum atomic E-state index is -0.562. The van der Waals surface area contributed by atoms with Gasteiger partial charge in [0.15, 0.2) is 5.75 Å². The topological polar surface area (TPSA) is 31.4 Å². The summed E-state index contributed by atoms with van der Waals surface area (Å²) in [6.45, 7) is 1.19. The van der Waals surface area contributed by atoms with Gasteiger partial charge in [0, 0.05) is 12.8 Å². The van der Waals surface area contributed by atoms with Crippen molar-refractivity contribution in [3.8, 4) is 5.75 Å². The Morgan fingerprint density at radius 3 is 3.20 bits per heavy atom. The van der Waals surface area contributed by atoms with Crippen LogP contribution in [0.4, 0.5) is 4.39 Å². The highest BCUT2D eigenvalue weighted by atomic mass is 19.1. The summed E-state index contributed by atoms with van der Waals surface area (Å²) >= 11 is 0. The summed E-state index contributed by atoms with van der Waals surface area (Å²) in [6.07, 6.45) is 4.75. The molecule has 82 valence electrons. The highest BCUT2D eigenvalue weighted by Gasteiger charge is 2.15. The maximum Gasteiger partial charge on any atom is 0.255 e. The molecule has 15 heavy (non-hydrogen) atoms. The van der Waals surface area contributed by atoms with Crippen molar-refractivity contribution in [2.45, 2.75) is 25.4 Å². The van der Waals surface area contributed by atoms with Gasteiger partial charge in [0.25, 0.3) is 5.95 Å². The first-order valence-electron chi connectivity index (χ1n) is 5.21. The van der Waals surface area contributed by atoms with Crippen LogP contribution in [-0.4, -0.2) is 24.3 Å².